The molecule has 1 aliphatic heterocycles. The molecule has 0 spiro atoms. The second kappa shape index (κ2) is 8.17. The minimum absolute atomic E-state index is 0.0235. The minimum Gasteiger partial charge on any atom is -0.483 e. The van der Waals surface area contributed by atoms with E-state index in [1.165, 1.54) is 0 Å². The highest BCUT2D eigenvalue weighted by Crippen LogP contribution is 2.38. The van der Waals surface area contributed by atoms with Gasteiger partial charge in [0.15, 0.2) is 6.61 Å². The number of ketones is 1. The van der Waals surface area contributed by atoms with Crippen molar-refractivity contribution in [3.8, 4) is 5.75 Å². The summed E-state index contributed by atoms with van der Waals surface area (Å²) in [5, 5.41) is 0. The summed E-state index contributed by atoms with van der Waals surface area (Å²) in [6.45, 7) is 8.87. The van der Waals surface area contributed by atoms with Crippen LogP contribution in [0.4, 0.5) is 0 Å². The molecule has 2 aromatic carbocycles. The molecular formula is C24H29NO3. The molecule has 0 N–H and O–H groups in total. The maximum absolute atomic E-state index is 12.7. The van der Waals surface area contributed by atoms with Crippen molar-refractivity contribution in [1.82, 2.24) is 4.90 Å². The van der Waals surface area contributed by atoms with E-state index in [2.05, 4.69) is 19.1 Å². The van der Waals surface area contributed by atoms with Crippen molar-refractivity contribution < 1.29 is 14.3 Å². The summed E-state index contributed by atoms with van der Waals surface area (Å²) < 4.78 is 5.83. The summed E-state index contributed by atoms with van der Waals surface area (Å²) in [7, 11) is 0. The summed E-state index contributed by atoms with van der Waals surface area (Å²) in [5.74, 6) is 0.941. The second-order valence-corrected chi connectivity index (χ2v) is 7.84. The van der Waals surface area contributed by atoms with Crippen LogP contribution in [0.1, 0.15) is 42.0 Å². The predicted octanol–water partition coefficient (Wildman–Crippen LogP) is 4.14. The van der Waals surface area contributed by atoms with Crippen molar-refractivity contribution in [3.63, 3.8) is 0 Å². The van der Waals surface area contributed by atoms with Crippen molar-refractivity contribution >= 4 is 11.7 Å². The van der Waals surface area contributed by atoms with Crippen molar-refractivity contribution in [2.45, 2.75) is 46.0 Å². The molecule has 0 radical (unpaired) electrons. The predicted molar refractivity (Wildman–Crippen MR) is 111 cm³/mol. The van der Waals surface area contributed by atoms with Crippen LogP contribution in [0, 0.1) is 20.8 Å². The molecule has 28 heavy (non-hydrogen) atoms. The smallest absolute Gasteiger partial charge is 0.260 e. The Morgan fingerprint density at radius 2 is 1.50 bits per heavy atom. The number of benzene rings is 2. The lowest BCUT2D eigenvalue weighted by molar-refractivity contribution is -0.137. The van der Waals surface area contributed by atoms with Gasteiger partial charge in [-0.2, -0.15) is 0 Å². The molecule has 148 valence electrons. The molecule has 0 aliphatic carbocycles. The van der Waals surface area contributed by atoms with Crippen LogP contribution in [0.25, 0.3) is 0 Å². The Balaban J connectivity index is 1.68. The van der Waals surface area contributed by atoms with Crippen LogP contribution in [-0.2, 0) is 15.0 Å². The van der Waals surface area contributed by atoms with E-state index < -0.39 is 5.41 Å². The van der Waals surface area contributed by atoms with E-state index in [0.717, 1.165) is 28.0 Å². The molecule has 0 bridgehead atoms. The zero-order valence-corrected chi connectivity index (χ0v) is 17.2. The van der Waals surface area contributed by atoms with Crippen LogP contribution in [0.3, 0.4) is 0 Å². The Bertz CT molecular complexity index is 859. The quantitative estimate of drug-likeness (QED) is 0.784. The normalized spacial score (nSPS) is 15.9. The van der Waals surface area contributed by atoms with Gasteiger partial charge in [0.05, 0.1) is 5.41 Å². The molecule has 1 amide bonds. The van der Waals surface area contributed by atoms with Crippen LogP contribution >= 0.6 is 0 Å². The van der Waals surface area contributed by atoms with Gasteiger partial charge in [0.25, 0.3) is 5.91 Å². The first-order valence-corrected chi connectivity index (χ1v) is 9.89. The van der Waals surface area contributed by atoms with E-state index in [9.17, 15) is 9.59 Å². The molecule has 3 rings (SSSR count). The number of hydrogen-bond acceptors (Lipinski definition) is 3. The van der Waals surface area contributed by atoms with Crippen LogP contribution in [-0.4, -0.2) is 36.3 Å². The summed E-state index contributed by atoms with van der Waals surface area (Å²) >= 11 is 0. The Hall–Kier alpha value is -2.62. The second-order valence-electron chi connectivity index (χ2n) is 7.84. The number of carbonyl (C=O) groups excluding carboxylic acids is 2. The molecule has 1 heterocycles. The maximum atomic E-state index is 12.7. The third-order valence-electron chi connectivity index (χ3n) is 6.05. The van der Waals surface area contributed by atoms with E-state index in [0.29, 0.717) is 25.9 Å². The highest BCUT2D eigenvalue weighted by atomic mass is 16.5. The number of ether oxygens (including phenoxy) is 1. The van der Waals surface area contributed by atoms with Crippen molar-refractivity contribution in [2.24, 2.45) is 0 Å². The largest absolute Gasteiger partial charge is 0.483 e. The maximum Gasteiger partial charge on any atom is 0.260 e. The van der Waals surface area contributed by atoms with Gasteiger partial charge in [-0.1, -0.05) is 42.5 Å². The highest BCUT2D eigenvalue weighted by Gasteiger charge is 2.42. The van der Waals surface area contributed by atoms with E-state index in [4.69, 9.17) is 4.74 Å². The van der Waals surface area contributed by atoms with E-state index in [1.54, 1.807) is 6.92 Å². The SMILES string of the molecule is CC(=O)C1(c2ccccc2C)CCN(C(=O)COc2c(C)cccc2C)CC1. The molecular weight excluding hydrogens is 350 g/mol. The highest BCUT2D eigenvalue weighted by molar-refractivity contribution is 5.89. The van der Waals surface area contributed by atoms with Crippen LogP contribution in [0.15, 0.2) is 42.5 Å². The summed E-state index contributed by atoms with van der Waals surface area (Å²) in [6, 6.07) is 14.0. The molecule has 4 heteroatoms. The van der Waals surface area contributed by atoms with Crippen molar-refractivity contribution in [1.29, 1.82) is 0 Å². The Morgan fingerprint density at radius 3 is 2.07 bits per heavy atom. The molecule has 0 aromatic heterocycles. The number of amides is 1. The number of Topliss-reactive ketones (excluding diaryl/α,β-unsaturated/α-hetero) is 1. The zero-order valence-electron chi connectivity index (χ0n) is 17.2. The monoisotopic (exact) mass is 379 g/mol. The number of piperidine rings is 1. The Kier molecular flexibility index (Phi) is 5.87. The first kappa shape index (κ1) is 20.1. The number of rotatable bonds is 5. The summed E-state index contributed by atoms with van der Waals surface area (Å²) in [6.07, 6.45) is 1.31. The van der Waals surface area contributed by atoms with E-state index in [1.807, 2.05) is 49.1 Å². The molecule has 0 saturated carbocycles. The first-order valence-electron chi connectivity index (χ1n) is 9.89. The fourth-order valence-corrected chi connectivity index (χ4v) is 4.31. The van der Waals surface area contributed by atoms with Crippen LogP contribution < -0.4 is 4.74 Å². The lowest BCUT2D eigenvalue weighted by atomic mass is 9.69. The van der Waals surface area contributed by atoms with Crippen LogP contribution in [0.5, 0.6) is 5.75 Å². The fraction of sp³-hybridized carbons (Fsp3) is 0.417. The molecule has 0 unspecified atom stereocenters. The lowest BCUT2D eigenvalue weighted by Gasteiger charge is -2.41. The van der Waals surface area contributed by atoms with Crippen molar-refractivity contribution in [3.05, 3.63) is 64.7 Å². The van der Waals surface area contributed by atoms with Crippen LogP contribution in [0.2, 0.25) is 0 Å². The number of nitrogens with zero attached hydrogens (tertiary/aromatic N) is 1. The number of para-hydroxylation sites is 1. The molecule has 2 aromatic rings. The average molecular weight is 380 g/mol. The molecule has 1 aliphatic rings. The number of carbonyl (C=O) groups is 2. The van der Waals surface area contributed by atoms with E-state index >= 15 is 0 Å². The van der Waals surface area contributed by atoms with Gasteiger partial charge in [0.2, 0.25) is 0 Å². The molecule has 1 saturated heterocycles. The van der Waals surface area contributed by atoms with Gasteiger partial charge in [0.1, 0.15) is 11.5 Å². The molecule has 0 atom stereocenters. The number of hydrogen-bond donors (Lipinski definition) is 0. The van der Waals surface area contributed by atoms with Gasteiger partial charge in [0, 0.05) is 13.1 Å². The van der Waals surface area contributed by atoms with Gasteiger partial charge in [-0.3, -0.25) is 9.59 Å². The third kappa shape index (κ3) is 3.82. The summed E-state index contributed by atoms with van der Waals surface area (Å²) in [5.41, 5.74) is 3.80. The Morgan fingerprint density at radius 1 is 0.929 bits per heavy atom. The van der Waals surface area contributed by atoms with Gasteiger partial charge in [-0.15, -0.1) is 0 Å². The topological polar surface area (TPSA) is 46.6 Å². The lowest BCUT2D eigenvalue weighted by Crippen LogP contribution is -2.49. The average Bonchev–Trinajstić information content (AvgIpc) is 2.67. The van der Waals surface area contributed by atoms with Gasteiger partial charge >= 0.3 is 0 Å². The summed E-state index contributed by atoms with van der Waals surface area (Å²) in [4.78, 5) is 27.1. The Labute approximate surface area is 167 Å². The van der Waals surface area contributed by atoms with Crippen molar-refractivity contribution in [2.75, 3.05) is 19.7 Å². The first-order chi connectivity index (χ1) is 13.3. The van der Waals surface area contributed by atoms with E-state index in [-0.39, 0.29) is 18.3 Å². The minimum atomic E-state index is -0.490. The van der Waals surface area contributed by atoms with Gasteiger partial charge in [-0.05, 0) is 62.8 Å². The third-order valence-corrected chi connectivity index (χ3v) is 6.05. The van der Waals surface area contributed by atoms with Gasteiger partial charge in [-0.25, -0.2) is 0 Å². The number of likely N-dealkylation sites (tertiary alicyclic amines) is 1. The van der Waals surface area contributed by atoms with Gasteiger partial charge < -0.3 is 9.64 Å². The zero-order chi connectivity index (χ0) is 20.3. The molecule has 4 nitrogen and oxygen atoms in total. The standard InChI is InChI=1S/C24H29NO3/c1-17-8-5-6-11-21(17)24(20(4)26)12-14-25(15-13-24)22(27)16-28-23-18(2)9-7-10-19(23)3/h5-11H,12-16H2,1-4H3. The number of aryl methyl sites for hydroxylation is 3. The molecule has 1 fully saturated rings. The fourth-order valence-electron chi connectivity index (χ4n) is 4.31.